The maximum atomic E-state index is 14.4. The van der Waals surface area contributed by atoms with Gasteiger partial charge in [-0.2, -0.15) is 13.2 Å². The highest BCUT2D eigenvalue weighted by atomic mass is 19.4. The van der Waals surface area contributed by atoms with Gasteiger partial charge in [0.25, 0.3) is 0 Å². The van der Waals surface area contributed by atoms with Gasteiger partial charge < -0.3 is 0 Å². The van der Waals surface area contributed by atoms with E-state index in [-0.39, 0.29) is 12.2 Å². The molecule has 2 rings (SSSR count). The highest BCUT2D eigenvalue weighted by molar-refractivity contribution is 5.64. The number of rotatable bonds is 9. The third kappa shape index (κ3) is 6.29. The predicted octanol–water partition coefficient (Wildman–Crippen LogP) is 7.53. The van der Waals surface area contributed by atoms with Crippen LogP contribution in [0.3, 0.4) is 0 Å². The third-order valence-corrected chi connectivity index (χ3v) is 4.43. The van der Waals surface area contributed by atoms with Crippen molar-refractivity contribution in [1.29, 1.82) is 0 Å². The summed E-state index contributed by atoms with van der Waals surface area (Å²) in [7, 11) is 0. The Morgan fingerprint density at radius 3 is 2.04 bits per heavy atom. The molecule has 0 aliphatic heterocycles. The van der Waals surface area contributed by atoms with E-state index in [0.717, 1.165) is 43.4 Å². The van der Waals surface area contributed by atoms with Gasteiger partial charge >= 0.3 is 6.18 Å². The molecule has 148 valence electrons. The minimum Gasteiger partial charge on any atom is -0.251 e. The summed E-state index contributed by atoms with van der Waals surface area (Å²) in [6.45, 7) is -0.296. The smallest absolute Gasteiger partial charge is 0.251 e. The van der Waals surface area contributed by atoms with Crippen LogP contribution in [-0.2, 0) is 6.42 Å². The van der Waals surface area contributed by atoms with Gasteiger partial charge in [0, 0.05) is 5.56 Å². The first kappa shape index (κ1) is 21.3. The molecule has 0 saturated carbocycles. The van der Waals surface area contributed by atoms with Gasteiger partial charge in [-0.25, -0.2) is 8.78 Å². The molecule has 2 aromatic carbocycles. The summed E-state index contributed by atoms with van der Waals surface area (Å²) in [6.07, 6.45) is -3.08. The molecule has 0 nitrogen and oxygen atoms in total. The Labute approximate surface area is 155 Å². The molecule has 1 unspecified atom stereocenters. The first-order valence-electron chi connectivity index (χ1n) is 8.98. The molecule has 27 heavy (non-hydrogen) atoms. The van der Waals surface area contributed by atoms with E-state index in [1.54, 1.807) is 12.1 Å². The lowest BCUT2D eigenvalue weighted by Gasteiger charge is -2.13. The number of aryl methyl sites for hydroxylation is 1. The maximum Gasteiger partial charge on any atom is 0.423 e. The van der Waals surface area contributed by atoms with E-state index in [1.165, 1.54) is 18.2 Å². The number of alkyl halides is 5. The summed E-state index contributed by atoms with van der Waals surface area (Å²) in [5, 5.41) is 0. The van der Waals surface area contributed by atoms with Crippen LogP contribution in [0, 0.1) is 5.82 Å². The van der Waals surface area contributed by atoms with Crippen molar-refractivity contribution in [3.8, 4) is 11.1 Å². The van der Waals surface area contributed by atoms with Gasteiger partial charge in [-0.3, -0.25) is 4.39 Å². The van der Waals surface area contributed by atoms with Crippen LogP contribution in [-0.4, -0.2) is 12.9 Å². The standard InChI is InChI=1S/C21H22F6/c22-13-5-3-1-2-4-6-15-7-12-18(19(23)14-15)16-8-10-17(11-9-16)20(24)21(25,26)27/h7-12,14,20H,1-6,13H2. The molecule has 0 aliphatic carbocycles. The minimum atomic E-state index is -4.96. The molecule has 0 aliphatic rings. The summed E-state index contributed by atoms with van der Waals surface area (Å²) in [5.41, 5.74) is 0.981. The zero-order valence-electron chi connectivity index (χ0n) is 14.8. The molecule has 0 N–H and O–H groups in total. The van der Waals surface area contributed by atoms with Crippen molar-refractivity contribution in [2.75, 3.05) is 6.67 Å². The van der Waals surface area contributed by atoms with Crippen LogP contribution in [0.15, 0.2) is 42.5 Å². The summed E-state index contributed by atoms with van der Waals surface area (Å²) in [5.74, 6) is -0.467. The molecule has 0 spiro atoms. The van der Waals surface area contributed by atoms with Crippen LogP contribution in [0.5, 0.6) is 0 Å². The molecule has 0 bridgehead atoms. The molecular weight excluding hydrogens is 366 g/mol. The van der Waals surface area contributed by atoms with Crippen LogP contribution in [0.1, 0.15) is 49.4 Å². The van der Waals surface area contributed by atoms with Crippen molar-refractivity contribution in [1.82, 2.24) is 0 Å². The Morgan fingerprint density at radius 1 is 0.815 bits per heavy atom. The van der Waals surface area contributed by atoms with Crippen LogP contribution in [0.25, 0.3) is 11.1 Å². The fourth-order valence-electron chi connectivity index (χ4n) is 2.92. The lowest BCUT2D eigenvalue weighted by Crippen LogP contribution is -2.16. The lowest BCUT2D eigenvalue weighted by atomic mass is 9.98. The summed E-state index contributed by atoms with van der Waals surface area (Å²) < 4.78 is 76.9. The molecule has 0 aromatic heterocycles. The zero-order chi connectivity index (χ0) is 19.9. The first-order valence-corrected chi connectivity index (χ1v) is 8.98. The van der Waals surface area contributed by atoms with E-state index >= 15 is 0 Å². The van der Waals surface area contributed by atoms with E-state index in [0.29, 0.717) is 18.4 Å². The van der Waals surface area contributed by atoms with Crippen molar-refractivity contribution in [3.05, 3.63) is 59.4 Å². The Balaban J connectivity index is 1.99. The van der Waals surface area contributed by atoms with Crippen molar-refractivity contribution in [2.45, 2.75) is 50.9 Å². The van der Waals surface area contributed by atoms with Crippen LogP contribution in [0.4, 0.5) is 26.3 Å². The Kier molecular flexibility index (Phi) is 7.75. The minimum absolute atomic E-state index is 0.260. The van der Waals surface area contributed by atoms with Crippen molar-refractivity contribution in [3.63, 3.8) is 0 Å². The second-order valence-corrected chi connectivity index (χ2v) is 6.55. The number of unbranched alkanes of at least 4 members (excludes halogenated alkanes) is 4. The van der Waals surface area contributed by atoms with Gasteiger partial charge in [0.1, 0.15) is 5.82 Å². The lowest BCUT2D eigenvalue weighted by molar-refractivity contribution is -0.182. The fraction of sp³-hybridized carbons (Fsp3) is 0.429. The van der Waals surface area contributed by atoms with Gasteiger partial charge in [-0.15, -0.1) is 0 Å². The van der Waals surface area contributed by atoms with E-state index in [4.69, 9.17) is 0 Å². The van der Waals surface area contributed by atoms with Crippen LogP contribution >= 0.6 is 0 Å². The monoisotopic (exact) mass is 388 g/mol. The van der Waals surface area contributed by atoms with Gasteiger partial charge in [-0.1, -0.05) is 55.7 Å². The summed E-state index contributed by atoms with van der Waals surface area (Å²) in [6, 6.07) is 9.41. The van der Waals surface area contributed by atoms with Crippen LogP contribution in [0.2, 0.25) is 0 Å². The van der Waals surface area contributed by atoms with Gasteiger partial charge in [0.2, 0.25) is 6.17 Å². The number of hydrogen-bond donors (Lipinski definition) is 0. The molecule has 0 heterocycles. The van der Waals surface area contributed by atoms with Crippen molar-refractivity contribution in [2.24, 2.45) is 0 Å². The SMILES string of the molecule is FCCCCCCCc1ccc(-c2ccc(C(F)C(F)(F)F)cc2)c(F)c1. The molecule has 0 saturated heterocycles. The number of hydrogen-bond acceptors (Lipinski definition) is 0. The molecule has 0 radical (unpaired) electrons. The second kappa shape index (κ2) is 9.81. The first-order chi connectivity index (χ1) is 12.8. The molecule has 2 aromatic rings. The molecule has 1 atom stereocenters. The largest absolute Gasteiger partial charge is 0.423 e. The Bertz CT molecular complexity index is 706. The quantitative estimate of drug-likeness (QED) is 0.308. The summed E-state index contributed by atoms with van der Waals surface area (Å²) >= 11 is 0. The normalized spacial score (nSPS) is 13.0. The van der Waals surface area contributed by atoms with Crippen molar-refractivity contribution < 1.29 is 26.3 Å². The topological polar surface area (TPSA) is 0 Å². The highest BCUT2D eigenvalue weighted by Gasteiger charge is 2.41. The predicted molar refractivity (Wildman–Crippen MR) is 94.5 cm³/mol. The Hall–Kier alpha value is -1.98. The van der Waals surface area contributed by atoms with E-state index in [9.17, 15) is 26.3 Å². The van der Waals surface area contributed by atoms with E-state index in [2.05, 4.69) is 0 Å². The Morgan fingerprint density at radius 2 is 1.44 bits per heavy atom. The van der Waals surface area contributed by atoms with Gasteiger partial charge in [-0.05, 0) is 42.0 Å². The van der Waals surface area contributed by atoms with Crippen LogP contribution < -0.4 is 0 Å². The molecular formula is C21H22F6. The molecule has 6 heteroatoms. The van der Waals surface area contributed by atoms with Gasteiger partial charge in [0.15, 0.2) is 0 Å². The maximum absolute atomic E-state index is 14.4. The highest BCUT2D eigenvalue weighted by Crippen LogP contribution is 2.36. The zero-order valence-corrected chi connectivity index (χ0v) is 14.8. The van der Waals surface area contributed by atoms with E-state index < -0.39 is 23.7 Å². The number of halogens is 6. The number of benzene rings is 2. The third-order valence-electron chi connectivity index (χ3n) is 4.43. The molecule has 0 fully saturated rings. The second-order valence-electron chi connectivity index (χ2n) is 6.55. The summed E-state index contributed by atoms with van der Waals surface area (Å²) in [4.78, 5) is 0. The average molecular weight is 388 g/mol. The van der Waals surface area contributed by atoms with Gasteiger partial charge in [0.05, 0.1) is 6.67 Å². The van der Waals surface area contributed by atoms with Crippen molar-refractivity contribution >= 4 is 0 Å². The fourth-order valence-corrected chi connectivity index (χ4v) is 2.92. The average Bonchev–Trinajstić information content (AvgIpc) is 2.63. The molecule has 0 amide bonds. The van der Waals surface area contributed by atoms with E-state index in [1.807, 2.05) is 0 Å².